The van der Waals surface area contributed by atoms with Crippen LogP contribution in [0.4, 0.5) is 15.2 Å². The van der Waals surface area contributed by atoms with E-state index < -0.39 is 5.82 Å². The Hall–Kier alpha value is -2.14. The molecule has 0 bridgehead atoms. The summed E-state index contributed by atoms with van der Waals surface area (Å²) in [6.07, 6.45) is 0. The second-order valence-electron chi connectivity index (χ2n) is 3.96. The van der Waals surface area contributed by atoms with Crippen LogP contribution < -0.4 is 10.1 Å². The van der Waals surface area contributed by atoms with Crippen molar-refractivity contribution in [2.24, 2.45) is 0 Å². The summed E-state index contributed by atoms with van der Waals surface area (Å²) in [5, 5.41) is 3.84. The smallest absolute Gasteiger partial charge is 0.188 e. The SMILES string of the molecule is COc1ccc(Nc2nc3ccccc3s2)cc1F. The first-order chi connectivity index (χ1) is 9.26. The summed E-state index contributed by atoms with van der Waals surface area (Å²) in [5.41, 5.74) is 1.58. The number of rotatable bonds is 3. The Bertz CT molecular complexity index is 693. The van der Waals surface area contributed by atoms with Crippen LogP contribution in [-0.4, -0.2) is 12.1 Å². The number of nitrogens with zero attached hydrogens (tertiary/aromatic N) is 1. The van der Waals surface area contributed by atoms with E-state index in [0.29, 0.717) is 5.69 Å². The minimum absolute atomic E-state index is 0.231. The van der Waals surface area contributed by atoms with Crippen molar-refractivity contribution >= 4 is 32.4 Å². The summed E-state index contributed by atoms with van der Waals surface area (Å²) in [7, 11) is 1.44. The molecule has 0 aliphatic heterocycles. The van der Waals surface area contributed by atoms with E-state index in [1.807, 2.05) is 24.3 Å². The highest BCUT2D eigenvalue weighted by atomic mass is 32.1. The number of nitrogens with one attached hydrogen (secondary N) is 1. The third-order valence-electron chi connectivity index (χ3n) is 2.70. The van der Waals surface area contributed by atoms with Crippen molar-refractivity contribution in [2.45, 2.75) is 0 Å². The Morgan fingerprint density at radius 3 is 2.79 bits per heavy atom. The zero-order valence-electron chi connectivity index (χ0n) is 10.2. The molecule has 1 heterocycles. The van der Waals surface area contributed by atoms with Gasteiger partial charge in [-0.15, -0.1) is 0 Å². The molecule has 0 aliphatic carbocycles. The summed E-state index contributed by atoms with van der Waals surface area (Å²) in [5.74, 6) is -0.163. The molecule has 0 spiro atoms. The maximum atomic E-state index is 13.6. The summed E-state index contributed by atoms with van der Waals surface area (Å²) < 4.78 is 19.6. The lowest BCUT2D eigenvalue weighted by atomic mass is 10.3. The van der Waals surface area contributed by atoms with Crippen LogP contribution in [0.1, 0.15) is 0 Å². The van der Waals surface area contributed by atoms with Crippen molar-refractivity contribution < 1.29 is 9.13 Å². The van der Waals surface area contributed by atoms with Crippen LogP contribution in [-0.2, 0) is 0 Å². The third kappa shape index (κ3) is 2.37. The van der Waals surface area contributed by atoms with Crippen molar-refractivity contribution in [3.8, 4) is 5.75 Å². The third-order valence-corrected chi connectivity index (χ3v) is 3.65. The van der Waals surface area contributed by atoms with E-state index in [0.717, 1.165) is 15.3 Å². The minimum atomic E-state index is -0.395. The Labute approximate surface area is 113 Å². The fourth-order valence-electron chi connectivity index (χ4n) is 1.79. The molecule has 0 aliphatic rings. The molecule has 1 N–H and O–H groups in total. The quantitative estimate of drug-likeness (QED) is 0.777. The van der Waals surface area contributed by atoms with Crippen molar-refractivity contribution in [3.63, 3.8) is 0 Å². The van der Waals surface area contributed by atoms with Crippen LogP contribution >= 0.6 is 11.3 Å². The van der Waals surface area contributed by atoms with Gasteiger partial charge in [-0.2, -0.15) is 0 Å². The molecule has 0 fully saturated rings. The van der Waals surface area contributed by atoms with E-state index in [9.17, 15) is 4.39 Å². The predicted molar refractivity (Wildman–Crippen MR) is 75.9 cm³/mol. The van der Waals surface area contributed by atoms with Gasteiger partial charge in [-0.25, -0.2) is 9.37 Å². The van der Waals surface area contributed by atoms with Gasteiger partial charge < -0.3 is 10.1 Å². The van der Waals surface area contributed by atoms with Crippen molar-refractivity contribution in [3.05, 3.63) is 48.3 Å². The molecule has 2 aromatic carbocycles. The Balaban J connectivity index is 1.90. The molecule has 19 heavy (non-hydrogen) atoms. The maximum Gasteiger partial charge on any atom is 0.188 e. The number of thiazole rings is 1. The van der Waals surface area contributed by atoms with E-state index in [2.05, 4.69) is 10.3 Å². The van der Waals surface area contributed by atoms with Gasteiger partial charge in [0.1, 0.15) is 0 Å². The van der Waals surface area contributed by atoms with E-state index >= 15 is 0 Å². The summed E-state index contributed by atoms with van der Waals surface area (Å²) in [6, 6.07) is 12.6. The lowest BCUT2D eigenvalue weighted by Crippen LogP contribution is -1.92. The van der Waals surface area contributed by atoms with Crippen LogP contribution in [0.15, 0.2) is 42.5 Å². The van der Waals surface area contributed by atoms with Gasteiger partial charge >= 0.3 is 0 Å². The van der Waals surface area contributed by atoms with E-state index in [4.69, 9.17) is 4.74 Å². The lowest BCUT2D eigenvalue weighted by Gasteiger charge is -2.05. The monoisotopic (exact) mass is 274 g/mol. The van der Waals surface area contributed by atoms with Crippen molar-refractivity contribution in [1.82, 2.24) is 4.98 Å². The average Bonchev–Trinajstić information content (AvgIpc) is 2.81. The van der Waals surface area contributed by atoms with Crippen molar-refractivity contribution in [1.29, 1.82) is 0 Å². The van der Waals surface area contributed by atoms with Gasteiger partial charge in [0.15, 0.2) is 16.7 Å². The number of ether oxygens (including phenoxy) is 1. The Morgan fingerprint density at radius 1 is 1.21 bits per heavy atom. The number of hydrogen-bond donors (Lipinski definition) is 1. The molecule has 5 heteroatoms. The summed E-state index contributed by atoms with van der Waals surface area (Å²) >= 11 is 1.53. The zero-order chi connectivity index (χ0) is 13.2. The first kappa shape index (κ1) is 11.9. The second kappa shape index (κ2) is 4.85. The number of aromatic nitrogens is 1. The van der Waals surface area contributed by atoms with Crippen LogP contribution in [0.5, 0.6) is 5.75 Å². The molecule has 3 rings (SSSR count). The van der Waals surface area contributed by atoms with Gasteiger partial charge in [-0.1, -0.05) is 23.5 Å². The van der Waals surface area contributed by atoms with Crippen LogP contribution in [0.2, 0.25) is 0 Å². The van der Waals surface area contributed by atoms with E-state index in [-0.39, 0.29) is 5.75 Å². The maximum absolute atomic E-state index is 13.6. The normalized spacial score (nSPS) is 10.6. The van der Waals surface area contributed by atoms with Crippen LogP contribution in [0, 0.1) is 5.82 Å². The molecule has 1 aromatic heterocycles. The van der Waals surface area contributed by atoms with Crippen molar-refractivity contribution in [2.75, 3.05) is 12.4 Å². The molecular formula is C14H11FN2OS. The Kier molecular flexibility index (Phi) is 3.05. The predicted octanol–water partition coefficient (Wildman–Crippen LogP) is 4.19. The molecule has 0 radical (unpaired) electrons. The topological polar surface area (TPSA) is 34.1 Å². The molecule has 0 saturated heterocycles. The number of para-hydroxylation sites is 1. The van der Waals surface area contributed by atoms with E-state index in [1.165, 1.54) is 24.5 Å². The van der Waals surface area contributed by atoms with Crippen LogP contribution in [0.25, 0.3) is 10.2 Å². The molecule has 0 amide bonds. The minimum Gasteiger partial charge on any atom is -0.494 e. The molecule has 0 saturated carbocycles. The summed E-state index contributed by atoms with van der Waals surface area (Å²) in [4.78, 5) is 4.43. The van der Waals surface area contributed by atoms with Gasteiger partial charge in [0, 0.05) is 11.8 Å². The molecule has 3 aromatic rings. The standard InChI is InChI=1S/C14H11FN2OS/c1-18-12-7-6-9(8-10(12)15)16-14-17-11-4-2-3-5-13(11)19-14/h2-8H,1H3,(H,16,17). The molecule has 0 atom stereocenters. The molecule has 96 valence electrons. The van der Waals surface area contributed by atoms with Gasteiger partial charge in [-0.05, 0) is 24.3 Å². The number of benzene rings is 2. The summed E-state index contributed by atoms with van der Waals surface area (Å²) in [6.45, 7) is 0. The van der Waals surface area contributed by atoms with Gasteiger partial charge in [0.25, 0.3) is 0 Å². The van der Waals surface area contributed by atoms with Crippen LogP contribution in [0.3, 0.4) is 0 Å². The number of fused-ring (bicyclic) bond motifs is 1. The largest absolute Gasteiger partial charge is 0.494 e. The number of hydrogen-bond acceptors (Lipinski definition) is 4. The fraction of sp³-hybridized carbons (Fsp3) is 0.0714. The van der Waals surface area contributed by atoms with Gasteiger partial charge in [0.2, 0.25) is 0 Å². The average molecular weight is 274 g/mol. The second-order valence-corrected chi connectivity index (χ2v) is 4.99. The first-order valence-corrected chi connectivity index (χ1v) is 6.54. The molecule has 0 unspecified atom stereocenters. The highest BCUT2D eigenvalue weighted by Gasteiger charge is 2.06. The Morgan fingerprint density at radius 2 is 2.05 bits per heavy atom. The highest BCUT2D eigenvalue weighted by Crippen LogP contribution is 2.29. The highest BCUT2D eigenvalue weighted by molar-refractivity contribution is 7.22. The lowest BCUT2D eigenvalue weighted by molar-refractivity contribution is 0.386. The number of anilines is 2. The molecular weight excluding hydrogens is 263 g/mol. The first-order valence-electron chi connectivity index (χ1n) is 5.72. The number of halogens is 1. The van der Waals surface area contributed by atoms with Gasteiger partial charge in [0.05, 0.1) is 17.3 Å². The molecule has 3 nitrogen and oxygen atoms in total. The number of methoxy groups -OCH3 is 1. The van der Waals surface area contributed by atoms with Gasteiger partial charge in [-0.3, -0.25) is 0 Å². The van der Waals surface area contributed by atoms with E-state index in [1.54, 1.807) is 12.1 Å². The zero-order valence-corrected chi connectivity index (χ0v) is 11.0. The fourth-order valence-corrected chi connectivity index (χ4v) is 2.68.